The Kier molecular flexibility index (Phi) is 5.73. The number of nitrogens with two attached hydrogens (primary N) is 2. The minimum absolute atomic E-state index is 0.0509. The number of ether oxygens (including phenoxy) is 1. The first-order valence-electron chi connectivity index (χ1n) is 3.42. The molecule has 0 aliphatic rings. The van der Waals surface area contributed by atoms with Gasteiger partial charge in [0.15, 0.2) is 0 Å². The smallest absolute Gasteiger partial charge is 0.307 e. The van der Waals surface area contributed by atoms with Gasteiger partial charge in [-0.3, -0.25) is 4.79 Å². The van der Waals surface area contributed by atoms with Gasteiger partial charge in [0.1, 0.15) is 6.61 Å². The summed E-state index contributed by atoms with van der Waals surface area (Å²) in [4.78, 5) is 10.6. The van der Waals surface area contributed by atoms with Crippen LogP contribution in [0.5, 0.6) is 0 Å². The Labute approximate surface area is 65.3 Å². The van der Waals surface area contributed by atoms with Crippen molar-refractivity contribution in [3.63, 3.8) is 0 Å². The van der Waals surface area contributed by atoms with Crippen LogP contribution in [0.4, 0.5) is 0 Å². The lowest BCUT2D eigenvalue weighted by molar-refractivity contribution is -0.144. The molecule has 0 saturated carbocycles. The van der Waals surface area contributed by atoms with Crippen LogP contribution in [-0.2, 0) is 9.53 Å². The molecule has 0 aliphatic carbocycles. The van der Waals surface area contributed by atoms with Crippen LogP contribution < -0.4 is 11.5 Å². The van der Waals surface area contributed by atoms with Crippen molar-refractivity contribution in [3.8, 4) is 0 Å². The number of esters is 1. The van der Waals surface area contributed by atoms with Gasteiger partial charge in [0.25, 0.3) is 0 Å². The molecule has 66 valence electrons. The molecule has 1 atom stereocenters. The van der Waals surface area contributed by atoms with Crippen LogP contribution in [0, 0.1) is 0 Å². The molecule has 0 aromatic rings. The molecule has 0 rings (SSSR count). The van der Waals surface area contributed by atoms with Crippen LogP contribution in [0.15, 0.2) is 0 Å². The van der Waals surface area contributed by atoms with Crippen molar-refractivity contribution in [1.29, 1.82) is 0 Å². The van der Waals surface area contributed by atoms with Crippen LogP contribution in [0.2, 0.25) is 0 Å². The number of carbonyl (C=O) groups is 1. The van der Waals surface area contributed by atoms with E-state index in [1.165, 1.54) is 0 Å². The van der Waals surface area contributed by atoms with Crippen LogP contribution in [-0.4, -0.2) is 36.9 Å². The van der Waals surface area contributed by atoms with Gasteiger partial charge in [-0.2, -0.15) is 0 Å². The fraction of sp³-hybridized carbons (Fsp3) is 0.833. The van der Waals surface area contributed by atoms with Crippen molar-refractivity contribution in [1.82, 2.24) is 0 Å². The molecule has 5 nitrogen and oxygen atoms in total. The minimum Gasteiger partial charge on any atom is -0.464 e. The fourth-order valence-corrected chi connectivity index (χ4v) is 0.443. The van der Waals surface area contributed by atoms with Crippen LogP contribution in [0.1, 0.15) is 6.42 Å². The van der Waals surface area contributed by atoms with Gasteiger partial charge in [-0.25, -0.2) is 0 Å². The van der Waals surface area contributed by atoms with E-state index in [-0.39, 0.29) is 32.1 Å². The molecule has 0 aromatic carbocycles. The lowest BCUT2D eigenvalue weighted by Crippen LogP contribution is -2.31. The van der Waals surface area contributed by atoms with Crippen molar-refractivity contribution in [2.45, 2.75) is 12.5 Å². The zero-order valence-corrected chi connectivity index (χ0v) is 6.32. The average molecular weight is 162 g/mol. The highest BCUT2D eigenvalue weighted by atomic mass is 16.5. The monoisotopic (exact) mass is 162 g/mol. The molecular formula is C6H14N2O3. The van der Waals surface area contributed by atoms with E-state index in [0.717, 1.165) is 0 Å². The van der Waals surface area contributed by atoms with E-state index < -0.39 is 6.04 Å². The number of rotatable bonds is 5. The highest BCUT2D eigenvalue weighted by molar-refractivity contribution is 5.69. The number of carbonyl (C=O) groups excluding carboxylic acids is 1. The second kappa shape index (κ2) is 6.09. The quantitative estimate of drug-likeness (QED) is 0.414. The van der Waals surface area contributed by atoms with Gasteiger partial charge in [-0.05, 0) is 0 Å². The molecule has 5 N–H and O–H groups in total. The first-order chi connectivity index (χ1) is 5.20. The van der Waals surface area contributed by atoms with Crippen LogP contribution >= 0.6 is 0 Å². The third-order valence-electron chi connectivity index (χ3n) is 1.04. The highest BCUT2D eigenvalue weighted by Gasteiger charge is 2.04. The van der Waals surface area contributed by atoms with Crippen LogP contribution in [0.25, 0.3) is 0 Å². The maximum atomic E-state index is 10.6. The molecule has 0 radical (unpaired) electrons. The van der Waals surface area contributed by atoms with Gasteiger partial charge < -0.3 is 21.3 Å². The third kappa shape index (κ3) is 5.78. The Balaban J connectivity index is 3.30. The predicted octanol–water partition coefficient (Wildman–Crippen LogP) is -1.80. The van der Waals surface area contributed by atoms with Gasteiger partial charge in [0.05, 0.1) is 19.1 Å². The SMILES string of the molecule is NCCC(=O)OC[C@H](N)CO. The lowest BCUT2D eigenvalue weighted by Gasteiger charge is -2.07. The average Bonchev–Trinajstić information content (AvgIpc) is 2.01. The Hall–Kier alpha value is -0.650. The second-order valence-corrected chi connectivity index (χ2v) is 2.16. The number of hydrogen-bond donors (Lipinski definition) is 3. The first-order valence-corrected chi connectivity index (χ1v) is 3.42. The van der Waals surface area contributed by atoms with Gasteiger partial charge in [-0.15, -0.1) is 0 Å². The third-order valence-corrected chi connectivity index (χ3v) is 1.04. The molecule has 0 fully saturated rings. The Bertz CT molecular complexity index is 118. The molecule has 0 heterocycles. The van der Waals surface area contributed by atoms with Gasteiger partial charge in [-0.1, -0.05) is 0 Å². The molecule has 11 heavy (non-hydrogen) atoms. The van der Waals surface area contributed by atoms with Crippen molar-refractivity contribution < 1.29 is 14.6 Å². The summed E-state index contributed by atoms with van der Waals surface area (Å²) in [6.45, 7) is 0.137. The van der Waals surface area contributed by atoms with E-state index in [2.05, 4.69) is 4.74 Å². The van der Waals surface area contributed by atoms with E-state index in [1.54, 1.807) is 0 Å². The van der Waals surface area contributed by atoms with E-state index >= 15 is 0 Å². The first kappa shape index (κ1) is 10.3. The van der Waals surface area contributed by atoms with E-state index in [0.29, 0.717) is 0 Å². The van der Waals surface area contributed by atoms with Crippen molar-refractivity contribution in [2.75, 3.05) is 19.8 Å². The van der Waals surface area contributed by atoms with E-state index in [4.69, 9.17) is 16.6 Å². The van der Waals surface area contributed by atoms with Gasteiger partial charge in [0, 0.05) is 6.54 Å². The molecule has 0 bridgehead atoms. The number of hydrogen-bond acceptors (Lipinski definition) is 5. The topological polar surface area (TPSA) is 98.6 Å². The fourth-order valence-electron chi connectivity index (χ4n) is 0.443. The summed E-state index contributed by atoms with van der Waals surface area (Å²) in [7, 11) is 0. The summed E-state index contributed by atoms with van der Waals surface area (Å²) in [5.74, 6) is -0.378. The normalized spacial score (nSPS) is 12.6. The Morgan fingerprint density at radius 2 is 2.27 bits per heavy atom. The molecule has 0 amide bonds. The van der Waals surface area contributed by atoms with Crippen molar-refractivity contribution >= 4 is 5.97 Å². The summed E-state index contributed by atoms with van der Waals surface area (Å²) < 4.78 is 4.63. The summed E-state index contributed by atoms with van der Waals surface area (Å²) >= 11 is 0. The molecule has 0 aliphatic heterocycles. The summed E-state index contributed by atoms with van der Waals surface area (Å²) in [5.41, 5.74) is 10.3. The molecule has 0 spiro atoms. The summed E-state index contributed by atoms with van der Waals surface area (Å²) in [5, 5.41) is 8.44. The standard InChI is InChI=1S/C6H14N2O3/c7-2-1-6(10)11-4-5(8)3-9/h5,9H,1-4,7-8H2/t5-/m1/s1. The lowest BCUT2D eigenvalue weighted by atomic mass is 10.3. The zero-order valence-electron chi connectivity index (χ0n) is 6.32. The van der Waals surface area contributed by atoms with E-state index in [9.17, 15) is 4.79 Å². The molecule has 5 heteroatoms. The number of aliphatic hydroxyl groups excluding tert-OH is 1. The molecular weight excluding hydrogens is 148 g/mol. The van der Waals surface area contributed by atoms with E-state index in [1.807, 2.05) is 0 Å². The minimum atomic E-state index is -0.489. The maximum absolute atomic E-state index is 10.6. The summed E-state index contributed by atoms with van der Waals surface area (Å²) in [6.07, 6.45) is 0.193. The maximum Gasteiger partial charge on any atom is 0.307 e. The Morgan fingerprint density at radius 1 is 1.64 bits per heavy atom. The largest absolute Gasteiger partial charge is 0.464 e. The van der Waals surface area contributed by atoms with Gasteiger partial charge in [0.2, 0.25) is 0 Å². The predicted molar refractivity (Wildman–Crippen MR) is 39.7 cm³/mol. The van der Waals surface area contributed by atoms with Crippen molar-refractivity contribution in [2.24, 2.45) is 11.5 Å². The summed E-state index contributed by atoms with van der Waals surface area (Å²) in [6, 6.07) is -0.489. The zero-order chi connectivity index (χ0) is 8.69. The van der Waals surface area contributed by atoms with Gasteiger partial charge >= 0.3 is 5.97 Å². The highest BCUT2D eigenvalue weighted by Crippen LogP contribution is 1.85. The Morgan fingerprint density at radius 3 is 2.73 bits per heavy atom. The second-order valence-electron chi connectivity index (χ2n) is 2.16. The molecule has 0 saturated heterocycles. The molecule has 0 unspecified atom stereocenters. The van der Waals surface area contributed by atoms with Crippen molar-refractivity contribution in [3.05, 3.63) is 0 Å². The number of aliphatic hydroxyl groups is 1. The molecule has 0 aromatic heterocycles. The van der Waals surface area contributed by atoms with Crippen LogP contribution in [0.3, 0.4) is 0 Å².